The van der Waals surface area contributed by atoms with E-state index in [2.05, 4.69) is 12.6 Å². The van der Waals surface area contributed by atoms with Crippen molar-refractivity contribution in [2.24, 2.45) is 0 Å². The van der Waals surface area contributed by atoms with Gasteiger partial charge in [-0.25, -0.2) is 8.42 Å². The molecule has 0 spiro atoms. The Balaban J connectivity index is 3.73. The highest BCUT2D eigenvalue weighted by Gasteiger charge is 2.05. The van der Waals surface area contributed by atoms with E-state index in [0.717, 1.165) is 0 Å². The minimum absolute atomic E-state index is 0.212. The predicted molar refractivity (Wildman–Crippen MR) is 42.8 cm³/mol. The third-order valence-corrected chi connectivity index (χ3v) is 3.30. The van der Waals surface area contributed by atoms with Crippen molar-refractivity contribution in [2.75, 3.05) is 17.3 Å². The molecule has 0 heterocycles. The summed E-state index contributed by atoms with van der Waals surface area (Å²) in [7, 11) is -2.76. The first kappa shape index (κ1) is 9.30. The maximum Gasteiger partial charge on any atom is 0.151 e. The maximum absolute atomic E-state index is 10.8. The normalized spacial score (nSPS) is 11.8. The summed E-state index contributed by atoms with van der Waals surface area (Å²) in [5, 5.41) is 0. The third kappa shape index (κ3) is 4.78. The van der Waals surface area contributed by atoms with Crippen molar-refractivity contribution in [1.29, 1.82) is 0 Å². The minimum Gasteiger partial charge on any atom is -0.229 e. The molecule has 0 saturated carbocycles. The fourth-order valence-corrected chi connectivity index (χ4v) is 2.49. The molecule has 2 nitrogen and oxygen atoms in total. The van der Waals surface area contributed by atoms with Crippen molar-refractivity contribution in [1.82, 2.24) is 0 Å². The zero-order valence-corrected chi connectivity index (χ0v) is 7.21. The summed E-state index contributed by atoms with van der Waals surface area (Å²) in [6, 6.07) is 0. The van der Waals surface area contributed by atoms with E-state index in [4.69, 9.17) is 0 Å². The largest absolute Gasteiger partial charge is 0.229 e. The van der Waals surface area contributed by atoms with Crippen LogP contribution < -0.4 is 0 Å². The lowest BCUT2D eigenvalue weighted by Gasteiger charge is -1.96. The molecule has 0 aromatic heterocycles. The van der Waals surface area contributed by atoms with Gasteiger partial charge in [-0.2, -0.15) is 12.6 Å². The van der Waals surface area contributed by atoms with Crippen LogP contribution >= 0.6 is 12.6 Å². The minimum atomic E-state index is -2.76. The van der Waals surface area contributed by atoms with Gasteiger partial charge >= 0.3 is 0 Å². The molecule has 56 valence electrons. The topological polar surface area (TPSA) is 34.1 Å². The Morgan fingerprint density at radius 3 is 2.22 bits per heavy atom. The first-order valence-corrected chi connectivity index (χ1v) is 5.39. The maximum atomic E-state index is 10.8. The second kappa shape index (κ2) is 4.17. The summed E-state index contributed by atoms with van der Waals surface area (Å²) in [5.41, 5.74) is 0. The molecule has 0 aromatic carbocycles. The fourth-order valence-electron chi connectivity index (χ4n) is 0.552. The molecular formula is C5H12O2S2. The molecule has 0 rings (SSSR count). The molecule has 0 aliphatic carbocycles. The van der Waals surface area contributed by atoms with Gasteiger partial charge in [0.1, 0.15) is 0 Å². The predicted octanol–water partition coefficient (Wildman–Crippen LogP) is 0.741. The molecule has 0 N–H and O–H groups in total. The zero-order valence-electron chi connectivity index (χ0n) is 5.50. The van der Waals surface area contributed by atoms with E-state index in [1.807, 2.05) is 6.92 Å². The van der Waals surface area contributed by atoms with Crippen LogP contribution in [0.5, 0.6) is 0 Å². The van der Waals surface area contributed by atoms with Crippen molar-refractivity contribution in [3.63, 3.8) is 0 Å². The van der Waals surface area contributed by atoms with Gasteiger partial charge in [-0.3, -0.25) is 0 Å². The smallest absolute Gasteiger partial charge is 0.151 e. The van der Waals surface area contributed by atoms with Crippen molar-refractivity contribution in [3.8, 4) is 0 Å². The van der Waals surface area contributed by atoms with E-state index in [9.17, 15) is 8.42 Å². The number of sulfone groups is 1. The highest BCUT2D eigenvalue weighted by atomic mass is 32.2. The van der Waals surface area contributed by atoms with Crippen LogP contribution in [0.2, 0.25) is 0 Å². The molecule has 0 aromatic rings. The van der Waals surface area contributed by atoms with E-state index >= 15 is 0 Å². The van der Waals surface area contributed by atoms with Crippen molar-refractivity contribution >= 4 is 22.5 Å². The van der Waals surface area contributed by atoms with Crippen LogP contribution in [0.25, 0.3) is 0 Å². The van der Waals surface area contributed by atoms with E-state index in [-0.39, 0.29) is 5.75 Å². The lowest BCUT2D eigenvalue weighted by Crippen LogP contribution is -2.10. The molecule has 0 fully saturated rings. The molecule has 0 bridgehead atoms. The van der Waals surface area contributed by atoms with E-state index in [1.54, 1.807) is 0 Å². The third-order valence-electron chi connectivity index (χ3n) is 0.917. The lowest BCUT2D eigenvalue weighted by atomic mass is 10.6. The van der Waals surface area contributed by atoms with Gasteiger partial charge < -0.3 is 0 Å². The highest BCUT2D eigenvalue weighted by molar-refractivity contribution is 7.92. The summed E-state index contributed by atoms with van der Waals surface area (Å²) < 4.78 is 21.6. The van der Waals surface area contributed by atoms with E-state index in [0.29, 0.717) is 17.9 Å². The molecular weight excluding hydrogens is 156 g/mol. The van der Waals surface area contributed by atoms with Crippen LogP contribution in [0.3, 0.4) is 0 Å². The average Bonchev–Trinajstić information content (AvgIpc) is 1.64. The van der Waals surface area contributed by atoms with Crippen LogP contribution in [0.1, 0.15) is 13.3 Å². The van der Waals surface area contributed by atoms with E-state index in [1.165, 1.54) is 0 Å². The molecule has 0 atom stereocenters. The Kier molecular flexibility index (Phi) is 4.31. The van der Waals surface area contributed by atoms with E-state index < -0.39 is 9.84 Å². The summed E-state index contributed by atoms with van der Waals surface area (Å²) in [5.74, 6) is 0.944. The van der Waals surface area contributed by atoms with Crippen molar-refractivity contribution in [2.45, 2.75) is 13.3 Å². The van der Waals surface area contributed by atoms with Gasteiger partial charge in [-0.15, -0.1) is 0 Å². The Labute approximate surface area is 62.0 Å². The van der Waals surface area contributed by atoms with Gasteiger partial charge in [0.05, 0.1) is 5.75 Å². The Bertz CT molecular complexity index is 136. The number of hydrogen-bond acceptors (Lipinski definition) is 3. The second-order valence-corrected chi connectivity index (χ2v) is 4.63. The van der Waals surface area contributed by atoms with Crippen LogP contribution in [-0.4, -0.2) is 25.7 Å². The average molecular weight is 168 g/mol. The van der Waals surface area contributed by atoms with Gasteiger partial charge in [0, 0.05) is 11.5 Å². The van der Waals surface area contributed by atoms with Gasteiger partial charge in [0.25, 0.3) is 0 Å². The lowest BCUT2D eigenvalue weighted by molar-refractivity contribution is 0.596. The Morgan fingerprint density at radius 1 is 1.33 bits per heavy atom. The SMILES string of the molecule is CCCS(=O)(=O)CCS. The molecule has 0 saturated heterocycles. The number of rotatable bonds is 4. The molecule has 0 radical (unpaired) electrons. The van der Waals surface area contributed by atoms with Crippen LogP contribution in [0, 0.1) is 0 Å². The van der Waals surface area contributed by atoms with Crippen LogP contribution in [0.4, 0.5) is 0 Å². The standard InChI is InChI=1S/C5H12O2S2/c1-2-4-9(6,7)5-3-8/h8H,2-5H2,1H3. The monoisotopic (exact) mass is 168 g/mol. The molecule has 0 aliphatic heterocycles. The van der Waals surface area contributed by atoms with Crippen molar-refractivity contribution < 1.29 is 8.42 Å². The van der Waals surface area contributed by atoms with Gasteiger partial charge in [0.15, 0.2) is 9.84 Å². The van der Waals surface area contributed by atoms with Crippen LogP contribution in [-0.2, 0) is 9.84 Å². The molecule has 0 unspecified atom stereocenters. The molecule has 0 amide bonds. The summed E-state index contributed by atoms with van der Waals surface area (Å²) in [4.78, 5) is 0. The first-order valence-electron chi connectivity index (χ1n) is 2.93. The molecule has 4 heteroatoms. The highest BCUT2D eigenvalue weighted by Crippen LogP contribution is 1.93. The molecule has 0 aliphatic rings. The van der Waals surface area contributed by atoms with Gasteiger partial charge in [0.2, 0.25) is 0 Å². The van der Waals surface area contributed by atoms with Crippen molar-refractivity contribution in [3.05, 3.63) is 0 Å². The van der Waals surface area contributed by atoms with Gasteiger partial charge in [-0.1, -0.05) is 6.92 Å². The molecule has 9 heavy (non-hydrogen) atoms. The second-order valence-electron chi connectivity index (χ2n) is 1.88. The van der Waals surface area contributed by atoms with Crippen LogP contribution in [0.15, 0.2) is 0 Å². The zero-order chi connectivity index (χ0) is 7.33. The summed E-state index contributed by atoms with van der Waals surface area (Å²) >= 11 is 3.83. The summed E-state index contributed by atoms with van der Waals surface area (Å²) in [6.45, 7) is 1.86. The Morgan fingerprint density at radius 2 is 1.89 bits per heavy atom. The quantitative estimate of drug-likeness (QED) is 0.628. The van der Waals surface area contributed by atoms with Gasteiger partial charge in [-0.05, 0) is 6.42 Å². The summed E-state index contributed by atoms with van der Waals surface area (Å²) in [6.07, 6.45) is 0.704. The first-order chi connectivity index (χ1) is 4.12. The number of hydrogen-bond donors (Lipinski definition) is 1. The Hall–Kier alpha value is 0.300. The fraction of sp³-hybridized carbons (Fsp3) is 1.00. The number of thiol groups is 1.